The van der Waals surface area contributed by atoms with Crippen LogP contribution in [0.4, 0.5) is 0 Å². The zero-order valence-electron chi connectivity index (χ0n) is 5.97. The lowest BCUT2D eigenvalue weighted by molar-refractivity contribution is 1.40. The SMILES string of the molecule is ClCc1ccc2cc[nH]c2c1. The molecule has 1 aromatic heterocycles. The van der Waals surface area contributed by atoms with Crippen molar-refractivity contribution in [3.8, 4) is 0 Å². The minimum atomic E-state index is 0.578. The monoisotopic (exact) mass is 165 g/mol. The number of halogens is 1. The van der Waals surface area contributed by atoms with Gasteiger partial charge in [-0.1, -0.05) is 12.1 Å². The van der Waals surface area contributed by atoms with E-state index >= 15 is 0 Å². The van der Waals surface area contributed by atoms with Crippen LogP contribution in [0.5, 0.6) is 0 Å². The lowest BCUT2D eigenvalue weighted by Gasteiger charge is -1.93. The molecule has 0 atom stereocenters. The number of fused-ring (bicyclic) bond motifs is 1. The zero-order valence-corrected chi connectivity index (χ0v) is 6.73. The first-order valence-corrected chi connectivity index (χ1v) is 4.05. The van der Waals surface area contributed by atoms with Crippen molar-refractivity contribution in [3.63, 3.8) is 0 Å². The van der Waals surface area contributed by atoms with Gasteiger partial charge in [0, 0.05) is 17.6 Å². The van der Waals surface area contributed by atoms with Crippen LogP contribution in [0, 0.1) is 0 Å². The molecule has 1 heterocycles. The zero-order chi connectivity index (χ0) is 7.68. The van der Waals surface area contributed by atoms with Crippen LogP contribution in [0.1, 0.15) is 5.56 Å². The topological polar surface area (TPSA) is 15.8 Å². The molecule has 0 fully saturated rings. The van der Waals surface area contributed by atoms with Crippen LogP contribution in [0.2, 0.25) is 0 Å². The van der Waals surface area contributed by atoms with E-state index in [-0.39, 0.29) is 0 Å². The Labute approximate surface area is 70.0 Å². The summed E-state index contributed by atoms with van der Waals surface area (Å²) in [4.78, 5) is 3.14. The van der Waals surface area contributed by atoms with Crippen LogP contribution in [0.3, 0.4) is 0 Å². The Morgan fingerprint density at radius 3 is 3.00 bits per heavy atom. The van der Waals surface area contributed by atoms with E-state index in [2.05, 4.69) is 17.1 Å². The Kier molecular flexibility index (Phi) is 1.59. The molecule has 0 saturated heterocycles. The third kappa shape index (κ3) is 1.12. The van der Waals surface area contributed by atoms with E-state index in [1.54, 1.807) is 0 Å². The first-order valence-electron chi connectivity index (χ1n) is 3.52. The van der Waals surface area contributed by atoms with Crippen molar-refractivity contribution < 1.29 is 0 Å². The summed E-state index contributed by atoms with van der Waals surface area (Å²) >= 11 is 5.68. The molecule has 1 aromatic carbocycles. The number of rotatable bonds is 1. The Hall–Kier alpha value is -0.950. The number of alkyl halides is 1. The second-order valence-electron chi connectivity index (χ2n) is 2.53. The van der Waals surface area contributed by atoms with Crippen molar-refractivity contribution in [2.45, 2.75) is 5.88 Å². The van der Waals surface area contributed by atoms with Crippen LogP contribution >= 0.6 is 11.6 Å². The molecule has 2 rings (SSSR count). The van der Waals surface area contributed by atoms with Gasteiger partial charge < -0.3 is 4.98 Å². The fourth-order valence-electron chi connectivity index (χ4n) is 1.18. The van der Waals surface area contributed by atoms with Crippen molar-refractivity contribution in [1.29, 1.82) is 0 Å². The maximum absolute atomic E-state index is 5.68. The molecular formula is C9H8ClN. The molecule has 0 saturated carbocycles. The molecule has 1 N–H and O–H groups in total. The highest BCUT2D eigenvalue weighted by Gasteiger charge is 1.94. The number of benzene rings is 1. The van der Waals surface area contributed by atoms with Gasteiger partial charge in [0.25, 0.3) is 0 Å². The van der Waals surface area contributed by atoms with Crippen molar-refractivity contribution in [2.24, 2.45) is 0 Å². The summed E-state index contributed by atoms with van der Waals surface area (Å²) in [6.07, 6.45) is 1.93. The molecule has 0 amide bonds. The van der Waals surface area contributed by atoms with E-state index in [9.17, 15) is 0 Å². The van der Waals surface area contributed by atoms with Crippen LogP contribution in [-0.4, -0.2) is 4.98 Å². The number of hydrogen-bond acceptors (Lipinski definition) is 0. The van der Waals surface area contributed by atoms with Crippen molar-refractivity contribution in [3.05, 3.63) is 36.0 Å². The Bertz CT molecular complexity index is 364. The summed E-state index contributed by atoms with van der Waals surface area (Å²) in [5.74, 6) is 0.578. The van der Waals surface area contributed by atoms with Crippen molar-refractivity contribution >= 4 is 22.5 Å². The van der Waals surface area contributed by atoms with E-state index in [1.807, 2.05) is 18.3 Å². The van der Waals surface area contributed by atoms with Gasteiger partial charge in [-0.25, -0.2) is 0 Å². The summed E-state index contributed by atoms with van der Waals surface area (Å²) in [7, 11) is 0. The van der Waals surface area contributed by atoms with Gasteiger partial charge in [-0.15, -0.1) is 11.6 Å². The van der Waals surface area contributed by atoms with Gasteiger partial charge >= 0.3 is 0 Å². The van der Waals surface area contributed by atoms with E-state index in [0.29, 0.717) is 5.88 Å². The molecular weight excluding hydrogens is 158 g/mol. The van der Waals surface area contributed by atoms with Gasteiger partial charge in [0.05, 0.1) is 0 Å². The molecule has 1 nitrogen and oxygen atoms in total. The van der Waals surface area contributed by atoms with Crippen LogP contribution in [-0.2, 0) is 5.88 Å². The molecule has 0 spiro atoms. The minimum absolute atomic E-state index is 0.578. The second-order valence-corrected chi connectivity index (χ2v) is 2.80. The average molecular weight is 166 g/mol. The molecule has 2 heteroatoms. The van der Waals surface area contributed by atoms with Gasteiger partial charge in [0.1, 0.15) is 0 Å². The summed E-state index contributed by atoms with van der Waals surface area (Å²) < 4.78 is 0. The molecule has 2 aromatic rings. The molecule has 11 heavy (non-hydrogen) atoms. The quantitative estimate of drug-likeness (QED) is 0.626. The number of H-pyrrole nitrogens is 1. The highest BCUT2D eigenvalue weighted by atomic mass is 35.5. The first kappa shape index (κ1) is 6.74. The van der Waals surface area contributed by atoms with E-state index in [4.69, 9.17) is 11.6 Å². The molecule has 0 aliphatic carbocycles. The predicted octanol–water partition coefficient (Wildman–Crippen LogP) is 2.91. The van der Waals surface area contributed by atoms with Crippen molar-refractivity contribution in [1.82, 2.24) is 4.98 Å². The molecule has 0 radical (unpaired) electrons. The first-order chi connectivity index (χ1) is 5.40. The lowest BCUT2D eigenvalue weighted by atomic mass is 10.2. The summed E-state index contributed by atoms with van der Waals surface area (Å²) in [6, 6.07) is 8.24. The standard InChI is InChI=1S/C9H8ClN/c10-6-7-1-2-8-3-4-11-9(8)5-7/h1-5,11H,6H2. The molecule has 0 aliphatic rings. The maximum Gasteiger partial charge on any atom is 0.0474 e. The Morgan fingerprint density at radius 2 is 2.18 bits per heavy atom. The lowest BCUT2D eigenvalue weighted by Crippen LogP contribution is -1.75. The van der Waals surface area contributed by atoms with Gasteiger partial charge in [-0.2, -0.15) is 0 Å². The van der Waals surface area contributed by atoms with Gasteiger partial charge in [-0.05, 0) is 23.1 Å². The predicted molar refractivity (Wildman–Crippen MR) is 47.9 cm³/mol. The van der Waals surface area contributed by atoms with Crippen LogP contribution in [0.25, 0.3) is 10.9 Å². The number of hydrogen-bond donors (Lipinski definition) is 1. The maximum atomic E-state index is 5.68. The third-order valence-corrected chi connectivity index (χ3v) is 2.08. The summed E-state index contributed by atoms with van der Waals surface area (Å²) in [6.45, 7) is 0. The highest BCUT2D eigenvalue weighted by molar-refractivity contribution is 6.17. The smallest absolute Gasteiger partial charge is 0.0474 e. The van der Waals surface area contributed by atoms with Gasteiger partial charge in [-0.3, -0.25) is 0 Å². The number of aromatic amines is 1. The van der Waals surface area contributed by atoms with Crippen LogP contribution in [0.15, 0.2) is 30.5 Å². The summed E-state index contributed by atoms with van der Waals surface area (Å²) in [5.41, 5.74) is 2.31. The second kappa shape index (κ2) is 2.59. The third-order valence-electron chi connectivity index (χ3n) is 1.77. The molecule has 0 aliphatic heterocycles. The highest BCUT2D eigenvalue weighted by Crippen LogP contribution is 2.14. The molecule has 0 unspecified atom stereocenters. The van der Waals surface area contributed by atoms with Gasteiger partial charge in [0.15, 0.2) is 0 Å². The molecule has 0 bridgehead atoms. The number of aromatic nitrogens is 1. The largest absolute Gasteiger partial charge is 0.361 e. The molecule has 56 valence electrons. The minimum Gasteiger partial charge on any atom is -0.361 e. The van der Waals surface area contributed by atoms with E-state index < -0.39 is 0 Å². The van der Waals surface area contributed by atoms with E-state index in [1.165, 1.54) is 5.39 Å². The van der Waals surface area contributed by atoms with E-state index in [0.717, 1.165) is 11.1 Å². The normalized spacial score (nSPS) is 10.6. The fraction of sp³-hybridized carbons (Fsp3) is 0.111. The van der Waals surface area contributed by atoms with Gasteiger partial charge in [0.2, 0.25) is 0 Å². The van der Waals surface area contributed by atoms with Crippen molar-refractivity contribution in [2.75, 3.05) is 0 Å². The summed E-state index contributed by atoms with van der Waals surface area (Å²) in [5, 5.41) is 1.24. The average Bonchev–Trinajstić information content (AvgIpc) is 2.50. The van der Waals surface area contributed by atoms with Crippen LogP contribution < -0.4 is 0 Å². The fourth-order valence-corrected chi connectivity index (χ4v) is 1.34. The number of nitrogens with one attached hydrogen (secondary N) is 1. The Morgan fingerprint density at radius 1 is 1.27 bits per heavy atom. The Balaban J connectivity index is 2.67.